The number of carbonyl (C=O) groups is 1. The summed E-state index contributed by atoms with van der Waals surface area (Å²) in [5, 5.41) is 5.35. The van der Waals surface area contributed by atoms with Crippen LogP contribution in [-0.4, -0.2) is 38.1 Å². The molecule has 1 aliphatic heterocycles. The summed E-state index contributed by atoms with van der Waals surface area (Å²) in [6.45, 7) is 11.8. The standard InChI is InChI=1S/C22H30FN3OS/c1-16(24-21(27)22(2,3)4)20(19-6-5-15-28-19)26-13-11-25(12-14-26)18-9-7-17(23)8-10-18/h5-10,15-16,20H,11-14H2,1-4H3,(H,24,27)/p+1/t16-,20-/m1/s1. The van der Waals surface area contributed by atoms with Crippen molar-refractivity contribution in [2.75, 3.05) is 31.1 Å². The molecule has 152 valence electrons. The van der Waals surface area contributed by atoms with Crippen LogP contribution >= 0.6 is 11.3 Å². The lowest BCUT2D eigenvalue weighted by Gasteiger charge is -2.39. The number of nitrogens with one attached hydrogen (secondary N) is 2. The molecule has 28 heavy (non-hydrogen) atoms. The summed E-state index contributed by atoms with van der Waals surface area (Å²) in [5.41, 5.74) is 0.674. The zero-order chi connectivity index (χ0) is 20.3. The molecule has 0 radical (unpaired) electrons. The van der Waals surface area contributed by atoms with Gasteiger partial charge in [0, 0.05) is 11.1 Å². The zero-order valence-electron chi connectivity index (χ0n) is 17.2. The molecule has 2 N–H and O–H groups in total. The molecule has 0 saturated carbocycles. The maximum atomic E-state index is 13.2. The summed E-state index contributed by atoms with van der Waals surface area (Å²) >= 11 is 1.76. The minimum atomic E-state index is -0.398. The Kier molecular flexibility index (Phi) is 6.40. The third-order valence-corrected chi connectivity index (χ3v) is 6.38. The summed E-state index contributed by atoms with van der Waals surface area (Å²) in [4.78, 5) is 17.7. The van der Waals surface area contributed by atoms with Crippen molar-refractivity contribution in [3.63, 3.8) is 0 Å². The van der Waals surface area contributed by atoms with Gasteiger partial charge in [-0.05, 0) is 42.6 Å². The number of benzene rings is 1. The molecular formula is C22H31FN3OS+. The average Bonchev–Trinajstić information content (AvgIpc) is 3.16. The SMILES string of the molecule is C[C@@H](NC(=O)C(C)(C)C)[C@H](c1cccs1)[NH+]1CCN(c2ccc(F)cc2)CC1. The number of anilines is 1. The van der Waals surface area contributed by atoms with Gasteiger partial charge in [-0.1, -0.05) is 26.8 Å². The van der Waals surface area contributed by atoms with Crippen LogP contribution in [0.15, 0.2) is 41.8 Å². The average molecular weight is 405 g/mol. The molecule has 0 spiro atoms. The Labute approximate surface area is 171 Å². The van der Waals surface area contributed by atoms with E-state index in [2.05, 4.69) is 34.7 Å². The van der Waals surface area contributed by atoms with Crippen molar-refractivity contribution in [3.05, 3.63) is 52.5 Å². The second kappa shape index (κ2) is 8.62. The number of hydrogen-bond acceptors (Lipinski definition) is 3. The normalized spacial score (nSPS) is 18.0. The lowest BCUT2D eigenvalue weighted by Crippen LogP contribution is -3.16. The van der Waals surface area contributed by atoms with Gasteiger partial charge in [0.1, 0.15) is 11.9 Å². The Morgan fingerprint density at radius 3 is 2.36 bits per heavy atom. The minimum absolute atomic E-state index is 0.0535. The molecule has 6 heteroatoms. The molecule has 1 aromatic carbocycles. The lowest BCUT2D eigenvalue weighted by molar-refractivity contribution is -0.933. The molecule has 0 aliphatic carbocycles. The van der Waals surface area contributed by atoms with E-state index in [1.54, 1.807) is 11.3 Å². The van der Waals surface area contributed by atoms with Gasteiger partial charge in [0.15, 0.2) is 0 Å². The number of piperazine rings is 1. The fraction of sp³-hybridized carbons (Fsp3) is 0.500. The highest BCUT2D eigenvalue weighted by Crippen LogP contribution is 2.22. The smallest absolute Gasteiger partial charge is 0.225 e. The van der Waals surface area contributed by atoms with E-state index in [0.717, 1.165) is 31.9 Å². The molecule has 1 saturated heterocycles. The van der Waals surface area contributed by atoms with E-state index < -0.39 is 5.41 Å². The molecule has 1 fully saturated rings. The van der Waals surface area contributed by atoms with Crippen LogP contribution in [0.1, 0.15) is 38.6 Å². The predicted octanol–water partition coefficient (Wildman–Crippen LogP) is 2.88. The molecule has 2 aromatic rings. The summed E-state index contributed by atoms with van der Waals surface area (Å²) < 4.78 is 13.2. The molecule has 0 bridgehead atoms. The van der Waals surface area contributed by atoms with Gasteiger partial charge in [-0.15, -0.1) is 11.3 Å². The first-order chi connectivity index (χ1) is 13.3. The van der Waals surface area contributed by atoms with E-state index in [0.29, 0.717) is 0 Å². The van der Waals surface area contributed by atoms with E-state index in [1.807, 2.05) is 32.9 Å². The molecule has 0 unspecified atom stereocenters. The number of hydrogen-bond donors (Lipinski definition) is 2. The number of amides is 1. The van der Waals surface area contributed by atoms with Crippen molar-refractivity contribution >= 4 is 22.9 Å². The Morgan fingerprint density at radius 2 is 1.82 bits per heavy atom. The van der Waals surface area contributed by atoms with Gasteiger partial charge >= 0.3 is 0 Å². The van der Waals surface area contributed by atoms with Gasteiger partial charge in [0.05, 0.1) is 37.1 Å². The Hall–Kier alpha value is -1.92. The maximum absolute atomic E-state index is 13.2. The van der Waals surface area contributed by atoms with Gasteiger partial charge < -0.3 is 15.1 Å². The highest BCUT2D eigenvalue weighted by molar-refractivity contribution is 7.10. The topological polar surface area (TPSA) is 36.8 Å². The number of thiophene rings is 1. The van der Waals surface area contributed by atoms with Crippen molar-refractivity contribution in [2.45, 2.75) is 39.8 Å². The van der Waals surface area contributed by atoms with Crippen molar-refractivity contribution in [2.24, 2.45) is 5.41 Å². The molecule has 1 amide bonds. The van der Waals surface area contributed by atoms with E-state index in [9.17, 15) is 9.18 Å². The summed E-state index contributed by atoms with van der Waals surface area (Å²) in [6, 6.07) is 11.3. The van der Waals surface area contributed by atoms with Crippen LogP contribution in [-0.2, 0) is 4.79 Å². The first-order valence-electron chi connectivity index (χ1n) is 9.95. The minimum Gasteiger partial charge on any atom is -0.360 e. The highest BCUT2D eigenvalue weighted by Gasteiger charge is 2.35. The first-order valence-corrected chi connectivity index (χ1v) is 10.8. The van der Waals surface area contributed by atoms with Crippen LogP contribution in [0.4, 0.5) is 10.1 Å². The molecule has 3 rings (SSSR count). The van der Waals surface area contributed by atoms with Gasteiger partial charge in [-0.2, -0.15) is 0 Å². The molecule has 1 aromatic heterocycles. The van der Waals surface area contributed by atoms with Crippen LogP contribution < -0.4 is 15.1 Å². The Balaban J connectivity index is 1.70. The Morgan fingerprint density at radius 1 is 1.18 bits per heavy atom. The quantitative estimate of drug-likeness (QED) is 0.804. The van der Waals surface area contributed by atoms with Crippen LogP contribution in [0.5, 0.6) is 0 Å². The van der Waals surface area contributed by atoms with Crippen LogP contribution in [0, 0.1) is 11.2 Å². The Bertz CT molecular complexity index is 762. The molecular weight excluding hydrogens is 373 g/mol. The second-order valence-corrected chi connectivity index (χ2v) is 9.61. The van der Waals surface area contributed by atoms with Crippen molar-refractivity contribution in [1.29, 1.82) is 0 Å². The predicted molar refractivity (Wildman–Crippen MR) is 113 cm³/mol. The van der Waals surface area contributed by atoms with Crippen molar-refractivity contribution in [3.8, 4) is 0 Å². The fourth-order valence-electron chi connectivity index (χ4n) is 3.79. The van der Waals surface area contributed by atoms with Crippen molar-refractivity contribution < 1.29 is 14.1 Å². The van der Waals surface area contributed by atoms with Crippen molar-refractivity contribution in [1.82, 2.24) is 5.32 Å². The van der Waals surface area contributed by atoms with Crippen LogP contribution in [0.25, 0.3) is 0 Å². The van der Waals surface area contributed by atoms with Gasteiger partial charge in [0.25, 0.3) is 0 Å². The fourth-order valence-corrected chi connectivity index (χ4v) is 4.78. The molecule has 1 aliphatic rings. The third kappa shape index (κ3) is 4.92. The molecule has 2 heterocycles. The first kappa shape index (κ1) is 20.8. The van der Waals surface area contributed by atoms with Gasteiger partial charge in [-0.3, -0.25) is 4.79 Å². The number of rotatable bonds is 5. The zero-order valence-corrected chi connectivity index (χ0v) is 18.0. The monoisotopic (exact) mass is 404 g/mol. The highest BCUT2D eigenvalue weighted by atomic mass is 32.1. The number of quaternary nitrogens is 1. The molecule has 4 nitrogen and oxygen atoms in total. The third-order valence-electron chi connectivity index (χ3n) is 5.43. The number of carbonyl (C=O) groups excluding carboxylic acids is 1. The number of halogens is 1. The summed E-state index contributed by atoms with van der Waals surface area (Å²) in [6.07, 6.45) is 0. The van der Waals surface area contributed by atoms with E-state index >= 15 is 0 Å². The van der Waals surface area contributed by atoms with Gasteiger partial charge in [-0.25, -0.2) is 4.39 Å². The summed E-state index contributed by atoms with van der Waals surface area (Å²) in [5.74, 6) is -0.111. The van der Waals surface area contributed by atoms with E-state index in [-0.39, 0.29) is 23.8 Å². The van der Waals surface area contributed by atoms with E-state index in [1.165, 1.54) is 21.9 Å². The largest absolute Gasteiger partial charge is 0.360 e. The van der Waals surface area contributed by atoms with E-state index in [4.69, 9.17) is 0 Å². The van der Waals surface area contributed by atoms with Crippen LogP contribution in [0.2, 0.25) is 0 Å². The van der Waals surface area contributed by atoms with Crippen LogP contribution in [0.3, 0.4) is 0 Å². The molecule has 2 atom stereocenters. The summed E-state index contributed by atoms with van der Waals surface area (Å²) in [7, 11) is 0. The van der Waals surface area contributed by atoms with Gasteiger partial charge in [0.2, 0.25) is 5.91 Å². The number of nitrogens with zero attached hydrogens (tertiary/aromatic N) is 1. The second-order valence-electron chi connectivity index (χ2n) is 8.63. The lowest BCUT2D eigenvalue weighted by atomic mass is 9.94. The maximum Gasteiger partial charge on any atom is 0.225 e.